The molecule has 1 aliphatic rings. The quantitative estimate of drug-likeness (QED) is 0.473. The van der Waals surface area contributed by atoms with Gasteiger partial charge in [0.1, 0.15) is 12.3 Å². The summed E-state index contributed by atoms with van der Waals surface area (Å²) in [5, 5.41) is 12.6. The minimum Gasteiger partial charge on any atom is -0.508 e. The van der Waals surface area contributed by atoms with Crippen molar-refractivity contribution in [2.24, 2.45) is 5.92 Å². The van der Waals surface area contributed by atoms with Crippen LogP contribution in [0.25, 0.3) is 6.08 Å². The van der Waals surface area contributed by atoms with Crippen molar-refractivity contribution in [2.75, 3.05) is 32.8 Å². The molecule has 0 radical (unpaired) electrons. The number of carbonyl (C=O) groups excluding carboxylic acids is 2. The van der Waals surface area contributed by atoms with Gasteiger partial charge in [-0.2, -0.15) is 0 Å². The summed E-state index contributed by atoms with van der Waals surface area (Å²) in [4.78, 5) is 26.9. The second kappa shape index (κ2) is 11.1. The van der Waals surface area contributed by atoms with E-state index < -0.39 is 5.97 Å². The van der Waals surface area contributed by atoms with Crippen LogP contribution in [0.3, 0.4) is 0 Å². The number of nitrogens with one attached hydrogen (secondary N) is 1. The van der Waals surface area contributed by atoms with Crippen molar-refractivity contribution < 1.29 is 19.4 Å². The Morgan fingerprint density at radius 1 is 1.21 bits per heavy atom. The monoisotopic (exact) mass is 450 g/mol. The normalized spacial score (nSPS) is 21.4. The summed E-state index contributed by atoms with van der Waals surface area (Å²) in [6.07, 6.45) is 2.80. The Morgan fingerprint density at radius 2 is 1.97 bits per heavy atom. The number of hydrogen-bond donors (Lipinski definition) is 2. The SMILES string of the molecule is CCOC(=O)CNC(=O)C(=Cc1ccccc1)CN1CC[C@@](C)(c2cccc(O)c2)[C@@H](C)C1. The molecule has 1 aliphatic heterocycles. The minimum absolute atomic E-state index is 0.0509. The van der Waals surface area contributed by atoms with Crippen LogP contribution in [0, 0.1) is 5.92 Å². The highest BCUT2D eigenvalue weighted by Crippen LogP contribution is 2.40. The van der Waals surface area contributed by atoms with Crippen molar-refractivity contribution in [3.05, 3.63) is 71.3 Å². The van der Waals surface area contributed by atoms with Crippen molar-refractivity contribution in [1.82, 2.24) is 10.2 Å². The van der Waals surface area contributed by atoms with E-state index in [1.807, 2.05) is 48.5 Å². The molecule has 1 fully saturated rings. The van der Waals surface area contributed by atoms with Crippen LogP contribution in [0.15, 0.2) is 60.2 Å². The lowest BCUT2D eigenvalue weighted by Crippen LogP contribution is -2.48. The van der Waals surface area contributed by atoms with Gasteiger partial charge in [-0.25, -0.2) is 0 Å². The van der Waals surface area contributed by atoms with E-state index in [1.54, 1.807) is 13.0 Å². The Bertz CT molecular complexity index is 989. The Hall–Kier alpha value is -3.12. The van der Waals surface area contributed by atoms with Gasteiger partial charge in [-0.15, -0.1) is 0 Å². The number of esters is 1. The lowest BCUT2D eigenvalue weighted by Gasteiger charge is -2.45. The molecule has 2 atom stereocenters. The fraction of sp³-hybridized carbons (Fsp3) is 0.407. The second-order valence-corrected chi connectivity index (χ2v) is 8.92. The Labute approximate surface area is 196 Å². The molecule has 2 N–H and O–H groups in total. The molecule has 2 aromatic carbocycles. The number of aromatic hydroxyl groups is 1. The van der Waals surface area contributed by atoms with Crippen molar-refractivity contribution in [1.29, 1.82) is 0 Å². The predicted molar refractivity (Wildman–Crippen MR) is 130 cm³/mol. The summed E-state index contributed by atoms with van der Waals surface area (Å²) in [6.45, 7) is 8.48. The Balaban J connectivity index is 1.73. The van der Waals surface area contributed by atoms with Crippen molar-refractivity contribution in [3.8, 4) is 5.75 Å². The molecule has 33 heavy (non-hydrogen) atoms. The number of nitrogens with zero attached hydrogens (tertiary/aromatic N) is 1. The molecule has 0 spiro atoms. The third kappa shape index (κ3) is 6.45. The number of carbonyl (C=O) groups is 2. The number of ether oxygens (including phenoxy) is 1. The zero-order valence-electron chi connectivity index (χ0n) is 19.7. The molecule has 6 heteroatoms. The molecular formula is C27H34N2O4. The van der Waals surface area contributed by atoms with Crippen LogP contribution in [0.1, 0.15) is 38.3 Å². The zero-order chi connectivity index (χ0) is 23.8. The highest BCUT2D eigenvalue weighted by Gasteiger charge is 2.38. The molecule has 1 saturated heterocycles. The molecule has 3 rings (SSSR count). The van der Waals surface area contributed by atoms with Gasteiger partial charge in [0.15, 0.2) is 0 Å². The summed E-state index contributed by atoms with van der Waals surface area (Å²) in [5.41, 5.74) is 2.64. The molecule has 6 nitrogen and oxygen atoms in total. The number of amides is 1. The van der Waals surface area contributed by atoms with Crippen LogP contribution in [-0.4, -0.2) is 54.7 Å². The lowest BCUT2D eigenvalue weighted by molar-refractivity contribution is -0.143. The number of benzene rings is 2. The molecule has 0 saturated carbocycles. The first kappa shape index (κ1) is 24.5. The van der Waals surface area contributed by atoms with Crippen molar-refractivity contribution >= 4 is 18.0 Å². The van der Waals surface area contributed by atoms with Gasteiger partial charge in [0.25, 0.3) is 0 Å². The van der Waals surface area contributed by atoms with E-state index in [-0.39, 0.29) is 30.2 Å². The van der Waals surface area contributed by atoms with E-state index in [2.05, 4.69) is 30.1 Å². The first-order valence-electron chi connectivity index (χ1n) is 11.5. The molecule has 2 aromatic rings. The number of piperidine rings is 1. The maximum Gasteiger partial charge on any atom is 0.325 e. The van der Waals surface area contributed by atoms with Crippen LogP contribution < -0.4 is 5.32 Å². The summed E-state index contributed by atoms with van der Waals surface area (Å²) >= 11 is 0. The van der Waals surface area contributed by atoms with Crippen molar-refractivity contribution in [3.63, 3.8) is 0 Å². The minimum atomic E-state index is -0.446. The van der Waals surface area contributed by atoms with Gasteiger partial charge in [-0.05, 0) is 60.6 Å². The van der Waals surface area contributed by atoms with Crippen LogP contribution >= 0.6 is 0 Å². The van der Waals surface area contributed by atoms with Gasteiger partial charge in [0.05, 0.1) is 6.61 Å². The molecular weight excluding hydrogens is 416 g/mol. The molecule has 1 heterocycles. The number of phenols is 1. The molecule has 176 valence electrons. The fourth-order valence-corrected chi connectivity index (χ4v) is 4.40. The number of hydrogen-bond acceptors (Lipinski definition) is 5. The zero-order valence-corrected chi connectivity index (χ0v) is 19.7. The van der Waals surface area contributed by atoms with E-state index >= 15 is 0 Å². The van der Waals surface area contributed by atoms with E-state index in [9.17, 15) is 14.7 Å². The van der Waals surface area contributed by atoms with E-state index in [1.165, 1.54) is 0 Å². The molecule has 0 aliphatic carbocycles. The summed E-state index contributed by atoms with van der Waals surface area (Å²) in [7, 11) is 0. The average Bonchev–Trinajstić information content (AvgIpc) is 2.80. The van der Waals surface area contributed by atoms with Gasteiger partial charge >= 0.3 is 5.97 Å². The Morgan fingerprint density at radius 3 is 2.64 bits per heavy atom. The topological polar surface area (TPSA) is 78.9 Å². The highest BCUT2D eigenvalue weighted by molar-refractivity contribution is 5.99. The Kier molecular flexibility index (Phi) is 8.28. The highest BCUT2D eigenvalue weighted by atomic mass is 16.5. The van der Waals surface area contributed by atoms with Crippen LogP contribution in [0.5, 0.6) is 5.75 Å². The van der Waals surface area contributed by atoms with E-state index in [4.69, 9.17) is 4.74 Å². The largest absolute Gasteiger partial charge is 0.508 e. The standard InChI is InChI=1S/C27H34N2O4/c1-4-33-25(31)17-28-26(32)22(15-21-9-6-5-7-10-21)19-29-14-13-27(3,20(2)18-29)23-11-8-12-24(30)16-23/h5-12,15-16,20,30H,4,13-14,17-19H2,1-3H3,(H,28,32)/t20-,27+/m0/s1. The first-order valence-corrected chi connectivity index (χ1v) is 11.5. The number of phenolic OH excluding ortho intramolecular Hbond substituents is 1. The molecule has 1 amide bonds. The number of rotatable bonds is 8. The molecule has 0 unspecified atom stereocenters. The fourth-order valence-electron chi connectivity index (χ4n) is 4.40. The van der Waals surface area contributed by atoms with E-state index in [0.717, 1.165) is 30.6 Å². The van der Waals surface area contributed by atoms with Crippen LogP contribution in [0.2, 0.25) is 0 Å². The van der Waals surface area contributed by atoms with Crippen molar-refractivity contribution in [2.45, 2.75) is 32.6 Å². The first-order chi connectivity index (χ1) is 15.8. The van der Waals surface area contributed by atoms with Gasteiger partial charge < -0.3 is 15.2 Å². The lowest BCUT2D eigenvalue weighted by atomic mass is 9.68. The summed E-state index contributed by atoms with van der Waals surface area (Å²) < 4.78 is 4.93. The van der Waals surface area contributed by atoms with Gasteiger partial charge in [-0.3, -0.25) is 14.5 Å². The maximum atomic E-state index is 13.0. The molecule has 0 bridgehead atoms. The molecule has 0 aromatic heterocycles. The van der Waals surface area contributed by atoms with Gasteiger partial charge in [0, 0.05) is 18.7 Å². The second-order valence-electron chi connectivity index (χ2n) is 8.92. The number of likely N-dealkylation sites (tertiary alicyclic amines) is 1. The average molecular weight is 451 g/mol. The predicted octanol–water partition coefficient (Wildman–Crippen LogP) is 3.75. The van der Waals surface area contributed by atoms with E-state index in [0.29, 0.717) is 18.0 Å². The summed E-state index contributed by atoms with van der Waals surface area (Å²) in [6, 6.07) is 17.2. The summed E-state index contributed by atoms with van der Waals surface area (Å²) in [5.74, 6) is -0.0948. The third-order valence-electron chi connectivity index (χ3n) is 6.60. The van der Waals surface area contributed by atoms with Crippen LogP contribution in [0.4, 0.5) is 0 Å². The third-order valence-corrected chi connectivity index (χ3v) is 6.60. The maximum absolute atomic E-state index is 13.0. The van der Waals surface area contributed by atoms with Gasteiger partial charge in [0.2, 0.25) is 5.91 Å². The van der Waals surface area contributed by atoms with Crippen LogP contribution in [-0.2, 0) is 19.7 Å². The smallest absolute Gasteiger partial charge is 0.325 e. The van der Waals surface area contributed by atoms with Gasteiger partial charge in [-0.1, -0.05) is 56.3 Å².